The number of pyridine rings is 1. The first kappa shape index (κ1) is 26.6. The molecule has 0 atom stereocenters. The summed E-state index contributed by atoms with van der Waals surface area (Å²) >= 11 is 0. The van der Waals surface area contributed by atoms with E-state index >= 15 is 0 Å². The second-order valence-corrected chi connectivity index (χ2v) is 9.93. The van der Waals surface area contributed by atoms with Gasteiger partial charge in [-0.25, -0.2) is 4.79 Å². The van der Waals surface area contributed by atoms with Crippen molar-refractivity contribution in [2.75, 3.05) is 23.4 Å². The van der Waals surface area contributed by atoms with E-state index < -0.39 is 17.4 Å². The molecule has 1 aromatic heterocycles. The number of carbonyl (C=O) groups is 2. The number of hydrogen-bond acceptors (Lipinski definition) is 6. The second-order valence-electron chi connectivity index (χ2n) is 9.93. The fraction of sp³-hybridized carbons (Fsp3) is 0.194. The molecule has 7 heteroatoms. The molecular formula is C31H31N3O4. The minimum Gasteiger partial charge on any atom is -0.478 e. The fourth-order valence-corrected chi connectivity index (χ4v) is 4.13. The molecule has 0 aliphatic rings. The van der Waals surface area contributed by atoms with Gasteiger partial charge in [0, 0.05) is 29.7 Å². The molecule has 0 unspecified atom stereocenters. The van der Waals surface area contributed by atoms with E-state index in [1.54, 1.807) is 37.1 Å². The van der Waals surface area contributed by atoms with E-state index in [0.29, 0.717) is 5.69 Å². The Labute approximate surface area is 222 Å². The summed E-state index contributed by atoms with van der Waals surface area (Å²) < 4.78 is 0. The molecule has 1 heterocycles. The maximum absolute atomic E-state index is 13.5. The van der Waals surface area contributed by atoms with Gasteiger partial charge in [-0.15, -0.1) is 0 Å². The number of nitrogens with zero attached hydrogens (tertiary/aromatic N) is 3. The van der Waals surface area contributed by atoms with E-state index in [1.807, 2.05) is 79.5 Å². The van der Waals surface area contributed by atoms with Crippen LogP contribution in [0.5, 0.6) is 0 Å². The number of carbonyl (C=O) groups excluding carboxylic acids is 1. The number of hydrogen-bond donors (Lipinski definition) is 2. The Morgan fingerprint density at radius 2 is 1.45 bits per heavy atom. The lowest BCUT2D eigenvalue weighted by Gasteiger charge is -2.31. The van der Waals surface area contributed by atoms with Crippen LogP contribution in [-0.4, -0.2) is 46.1 Å². The van der Waals surface area contributed by atoms with Gasteiger partial charge in [-0.3, -0.25) is 9.78 Å². The van der Waals surface area contributed by atoms with Crippen LogP contribution in [-0.2, 0) is 0 Å². The highest BCUT2D eigenvalue weighted by atomic mass is 16.4. The quantitative estimate of drug-likeness (QED) is 0.267. The molecular weight excluding hydrogens is 478 g/mol. The van der Waals surface area contributed by atoms with Gasteiger partial charge in [0.25, 0.3) is 0 Å². The Kier molecular flexibility index (Phi) is 7.60. The number of para-hydroxylation sites is 1. The smallest absolute Gasteiger partial charge is 0.335 e. The maximum atomic E-state index is 13.5. The van der Waals surface area contributed by atoms with Gasteiger partial charge in [0.1, 0.15) is 5.69 Å². The summed E-state index contributed by atoms with van der Waals surface area (Å²) in [7, 11) is 1.92. The van der Waals surface area contributed by atoms with Crippen LogP contribution in [0.15, 0.2) is 91.1 Å². The molecule has 0 aliphatic heterocycles. The first-order chi connectivity index (χ1) is 18.0. The number of aliphatic hydroxyl groups is 1. The summed E-state index contributed by atoms with van der Waals surface area (Å²) in [5.74, 6) is -1.55. The van der Waals surface area contributed by atoms with Crippen molar-refractivity contribution in [2.24, 2.45) is 0 Å². The van der Waals surface area contributed by atoms with Crippen LogP contribution in [0.3, 0.4) is 0 Å². The van der Waals surface area contributed by atoms with Crippen LogP contribution in [0.1, 0.15) is 45.8 Å². The highest BCUT2D eigenvalue weighted by Gasteiger charge is 2.23. The zero-order valence-electron chi connectivity index (χ0n) is 21.9. The van der Waals surface area contributed by atoms with Crippen LogP contribution in [0, 0.1) is 6.92 Å². The zero-order chi connectivity index (χ0) is 27.4. The number of aromatic carboxylic acids is 1. The van der Waals surface area contributed by atoms with Gasteiger partial charge in [0.2, 0.25) is 5.78 Å². The predicted molar refractivity (Wildman–Crippen MR) is 150 cm³/mol. The second kappa shape index (κ2) is 10.9. The monoisotopic (exact) mass is 509 g/mol. The lowest BCUT2D eigenvalue weighted by atomic mass is 10.0. The third-order valence-corrected chi connectivity index (χ3v) is 6.14. The predicted octanol–water partition coefficient (Wildman–Crippen LogP) is 6.00. The lowest BCUT2D eigenvalue weighted by molar-refractivity contribution is 0.0697. The number of ketones is 1. The molecule has 0 radical (unpaired) electrons. The Hall–Kier alpha value is -4.49. The van der Waals surface area contributed by atoms with E-state index in [2.05, 4.69) is 4.98 Å². The molecule has 0 amide bonds. The van der Waals surface area contributed by atoms with Gasteiger partial charge >= 0.3 is 5.97 Å². The van der Waals surface area contributed by atoms with Gasteiger partial charge in [-0.1, -0.05) is 35.9 Å². The summed E-state index contributed by atoms with van der Waals surface area (Å²) in [4.78, 5) is 33.6. The Morgan fingerprint density at radius 3 is 2.03 bits per heavy atom. The average Bonchev–Trinajstić information content (AvgIpc) is 2.91. The van der Waals surface area contributed by atoms with Crippen LogP contribution in [0.2, 0.25) is 0 Å². The highest BCUT2D eigenvalue weighted by Crippen LogP contribution is 2.30. The van der Waals surface area contributed by atoms with E-state index in [4.69, 9.17) is 0 Å². The normalized spacial score (nSPS) is 11.2. The third kappa shape index (κ3) is 6.25. The molecule has 0 fully saturated rings. The molecule has 7 nitrogen and oxygen atoms in total. The van der Waals surface area contributed by atoms with Crippen molar-refractivity contribution in [3.63, 3.8) is 0 Å². The average molecular weight is 510 g/mol. The third-order valence-electron chi connectivity index (χ3n) is 6.14. The molecule has 0 aliphatic carbocycles. The molecule has 194 valence electrons. The molecule has 0 saturated carbocycles. The van der Waals surface area contributed by atoms with Gasteiger partial charge < -0.3 is 20.0 Å². The molecule has 0 spiro atoms. The lowest BCUT2D eigenvalue weighted by Crippen LogP contribution is -2.36. The van der Waals surface area contributed by atoms with E-state index in [9.17, 15) is 19.8 Å². The SMILES string of the molecule is Cc1ccc(N(C)c2ccc(C(=O)c3cc(C(=O)O)cc(N(CC(C)(C)O)c4ccccc4)c3)nc2)cc1. The van der Waals surface area contributed by atoms with Crippen molar-refractivity contribution in [1.82, 2.24) is 4.98 Å². The molecule has 4 rings (SSSR count). The van der Waals surface area contributed by atoms with E-state index in [0.717, 1.165) is 22.6 Å². The van der Waals surface area contributed by atoms with E-state index in [-0.39, 0.29) is 23.4 Å². The summed E-state index contributed by atoms with van der Waals surface area (Å²) in [6.07, 6.45) is 1.62. The summed E-state index contributed by atoms with van der Waals surface area (Å²) in [6.45, 7) is 5.57. The summed E-state index contributed by atoms with van der Waals surface area (Å²) in [5, 5.41) is 20.4. The number of carboxylic acid groups (broad SMARTS) is 1. The van der Waals surface area contributed by atoms with Gasteiger partial charge in [-0.2, -0.15) is 0 Å². The van der Waals surface area contributed by atoms with Crippen LogP contribution >= 0.6 is 0 Å². The summed E-state index contributed by atoms with van der Waals surface area (Å²) in [5.41, 5.74) is 3.50. The number of benzene rings is 3. The number of carboxylic acids is 1. The largest absolute Gasteiger partial charge is 0.478 e. The molecule has 2 N–H and O–H groups in total. The first-order valence-corrected chi connectivity index (χ1v) is 12.3. The van der Waals surface area contributed by atoms with Crippen molar-refractivity contribution < 1.29 is 19.8 Å². The standard InChI is InChI=1S/C31H31N3O4/c1-21-10-12-24(13-11-21)33(4)26-14-15-28(32-19-26)29(35)22-16-23(30(36)37)18-27(17-22)34(20-31(2,3)38)25-8-6-5-7-9-25/h5-19,38H,20H2,1-4H3,(H,36,37). The Bertz CT molecular complexity index is 1430. The number of aryl methyl sites for hydroxylation is 1. The molecule has 3 aromatic carbocycles. The molecule has 4 aromatic rings. The van der Waals surface area contributed by atoms with Crippen molar-refractivity contribution >= 4 is 34.5 Å². The van der Waals surface area contributed by atoms with Crippen molar-refractivity contribution in [1.29, 1.82) is 0 Å². The van der Waals surface area contributed by atoms with Crippen LogP contribution in [0.4, 0.5) is 22.7 Å². The molecule has 0 bridgehead atoms. The minimum absolute atomic E-state index is 0.0294. The van der Waals surface area contributed by atoms with Crippen molar-refractivity contribution in [3.05, 3.63) is 114 Å². The molecule has 0 saturated heterocycles. The Balaban J connectivity index is 1.69. The first-order valence-electron chi connectivity index (χ1n) is 12.3. The highest BCUT2D eigenvalue weighted by molar-refractivity contribution is 6.09. The van der Waals surface area contributed by atoms with Crippen LogP contribution in [0.25, 0.3) is 0 Å². The number of anilines is 4. The zero-order valence-corrected chi connectivity index (χ0v) is 21.9. The topological polar surface area (TPSA) is 94.0 Å². The summed E-state index contributed by atoms with van der Waals surface area (Å²) in [6, 6.07) is 25.4. The number of aromatic nitrogens is 1. The van der Waals surface area contributed by atoms with Crippen molar-refractivity contribution in [2.45, 2.75) is 26.4 Å². The maximum Gasteiger partial charge on any atom is 0.335 e. The van der Waals surface area contributed by atoms with Gasteiger partial charge in [0.15, 0.2) is 0 Å². The van der Waals surface area contributed by atoms with E-state index in [1.165, 1.54) is 12.1 Å². The van der Waals surface area contributed by atoms with Gasteiger partial charge in [-0.05, 0) is 75.4 Å². The fourth-order valence-electron chi connectivity index (χ4n) is 4.13. The number of rotatable bonds is 9. The minimum atomic E-state index is -1.15. The van der Waals surface area contributed by atoms with Crippen LogP contribution < -0.4 is 9.80 Å². The molecule has 38 heavy (non-hydrogen) atoms. The van der Waals surface area contributed by atoms with Gasteiger partial charge in [0.05, 0.1) is 29.6 Å². The Morgan fingerprint density at radius 1 is 0.816 bits per heavy atom. The van der Waals surface area contributed by atoms with Crippen molar-refractivity contribution in [3.8, 4) is 0 Å².